The predicted molar refractivity (Wildman–Crippen MR) is 142 cm³/mol. The minimum atomic E-state index is -0.275. The summed E-state index contributed by atoms with van der Waals surface area (Å²) in [4.78, 5) is 20.5. The third-order valence-corrected chi connectivity index (χ3v) is 7.23. The Morgan fingerprint density at radius 3 is 2.46 bits per heavy atom. The Balaban J connectivity index is 2.00. The van der Waals surface area contributed by atoms with Crippen molar-refractivity contribution in [2.45, 2.75) is 73.3 Å². The van der Waals surface area contributed by atoms with Crippen LogP contribution in [0.15, 0.2) is 24.3 Å². The van der Waals surface area contributed by atoms with E-state index in [0.717, 1.165) is 94.1 Å². The third-order valence-electron chi connectivity index (χ3n) is 7.23. The summed E-state index contributed by atoms with van der Waals surface area (Å²) in [5.41, 5.74) is 2.69. The van der Waals surface area contributed by atoms with Gasteiger partial charge in [-0.3, -0.25) is 4.79 Å². The summed E-state index contributed by atoms with van der Waals surface area (Å²) in [6.45, 7) is 16.7. The zero-order chi connectivity index (χ0) is 25.4. The standard InChI is InChI=1S/C28H44FN5O/c1-6-10-12-23(8-3)28(35)33(15-7-2)21-26-22(5)30-34(25-14-11-13-24(29)20-25)27(26)32-18-16-31(9-4)17-19-32/h11,13-14,20,23H,6-10,12,15-19,21H2,1-5H3. The number of halogens is 1. The van der Waals surface area contributed by atoms with Gasteiger partial charge in [0.1, 0.15) is 11.6 Å². The molecule has 1 aliphatic rings. The topological polar surface area (TPSA) is 44.6 Å². The summed E-state index contributed by atoms with van der Waals surface area (Å²) in [5, 5.41) is 4.88. The lowest BCUT2D eigenvalue weighted by Gasteiger charge is -2.36. The first-order chi connectivity index (χ1) is 16.9. The van der Waals surface area contributed by atoms with Crippen LogP contribution in [-0.4, -0.2) is 64.8 Å². The van der Waals surface area contributed by atoms with E-state index in [2.05, 4.69) is 37.5 Å². The van der Waals surface area contributed by atoms with Crippen LogP contribution in [0.2, 0.25) is 0 Å². The van der Waals surface area contributed by atoms with Gasteiger partial charge in [-0.05, 0) is 50.9 Å². The van der Waals surface area contributed by atoms with Crippen LogP contribution in [0.25, 0.3) is 5.69 Å². The maximum atomic E-state index is 14.2. The van der Waals surface area contributed by atoms with Crippen molar-refractivity contribution in [1.29, 1.82) is 0 Å². The number of aryl methyl sites for hydroxylation is 1. The monoisotopic (exact) mass is 485 g/mol. The number of benzene rings is 1. The molecule has 0 N–H and O–H groups in total. The van der Waals surface area contributed by atoms with Crippen molar-refractivity contribution in [2.75, 3.05) is 44.2 Å². The average molecular weight is 486 g/mol. The maximum Gasteiger partial charge on any atom is 0.225 e. The highest BCUT2D eigenvalue weighted by Crippen LogP contribution is 2.31. The second kappa shape index (κ2) is 13.1. The molecule has 6 nitrogen and oxygen atoms in total. The van der Waals surface area contributed by atoms with Gasteiger partial charge in [-0.2, -0.15) is 5.10 Å². The van der Waals surface area contributed by atoms with Crippen LogP contribution < -0.4 is 4.90 Å². The number of nitrogens with zero attached hydrogens (tertiary/aromatic N) is 5. The van der Waals surface area contributed by atoms with Crippen molar-refractivity contribution >= 4 is 11.7 Å². The Kier molecular flexibility index (Phi) is 10.1. The molecule has 0 radical (unpaired) electrons. The molecule has 2 heterocycles. The van der Waals surface area contributed by atoms with Crippen molar-refractivity contribution in [3.05, 3.63) is 41.3 Å². The average Bonchev–Trinajstić information content (AvgIpc) is 3.20. The van der Waals surface area contributed by atoms with E-state index in [1.54, 1.807) is 6.07 Å². The van der Waals surface area contributed by atoms with Gasteiger partial charge in [0.25, 0.3) is 0 Å². The number of likely N-dealkylation sites (N-methyl/N-ethyl adjacent to an activating group) is 1. The van der Waals surface area contributed by atoms with Gasteiger partial charge in [0.15, 0.2) is 0 Å². The third kappa shape index (κ3) is 6.63. The Morgan fingerprint density at radius 2 is 1.86 bits per heavy atom. The maximum absolute atomic E-state index is 14.2. The molecule has 0 aliphatic carbocycles. The first-order valence-electron chi connectivity index (χ1n) is 13.5. The van der Waals surface area contributed by atoms with E-state index in [4.69, 9.17) is 5.10 Å². The summed E-state index contributed by atoms with van der Waals surface area (Å²) in [6.07, 6.45) is 4.90. The van der Waals surface area contributed by atoms with Crippen LogP contribution in [0.5, 0.6) is 0 Å². The number of hydrogen-bond donors (Lipinski definition) is 0. The molecule has 1 fully saturated rings. The molecule has 0 spiro atoms. The van der Waals surface area contributed by atoms with E-state index in [0.29, 0.717) is 6.54 Å². The second-order valence-corrected chi connectivity index (χ2v) is 9.71. The highest BCUT2D eigenvalue weighted by atomic mass is 19.1. The molecule has 1 aliphatic heterocycles. The number of amides is 1. The molecule has 2 aromatic rings. The highest BCUT2D eigenvalue weighted by Gasteiger charge is 2.29. The second-order valence-electron chi connectivity index (χ2n) is 9.71. The molecule has 1 saturated heterocycles. The van der Waals surface area contributed by atoms with Crippen molar-refractivity contribution in [3.8, 4) is 5.69 Å². The first kappa shape index (κ1) is 27.2. The van der Waals surface area contributed by atoms with Crippen molar-refractivity contribution in [2.24, 2.45) is 5.92 Å². The molecule has 35 heavy (non-hydrogen) atoms. The van der Waals surface area contributed by atoms with Gasteiger partial charge in [-0.1, -0.05) is 46.6 Å². The van der Waals surface area contributed by atoms with Gasteiger partial charge >= 0.3 is 0 Å². The fourth-order valence-electron chi connectivity index (χ4n) is 5.06. The van der Waals surface area contributed by atoms with Crippen LogP contribution in [0, 0.1) is 18.7 Å². The number of piperazine rings is 1. The molecule has 1 atom stereocenters. The van der Waals surface area contributed by atoms with Crippen molar-refractivity contribution < 1.29 is 9.18 Å². The Morgan fingerprint density at radius 1 is 1.11 bits per heavy atom. The van der Waals surface area contributed by atoms with Crippen LogP contribution in [-0.2, 0) is 11.3 Å². The van der Waals surface area contributed by atoms with Gasteiger partial charge in [0.2, 0.25) is 5.91 Å². The lowest BCUT2D eigenvalue weighted by molar-refractivity contribution is -0.136. The van der Waals surface area contributed by atoms with E-state index < -0.39 is 0 Å². The van der Waals surface area contributed by atoms with Gasteiger partial charge < -0.3 is 14.7 Å². The van der Waals surface area contributed by atoms with Crippen LogP contribution >= 0.6 is 0 Å². The lowest BCUT2D eigenvalue weighted by Crippen LogP contribution is -2.47. The minimum absolute atomic E-state index is 0.0663. The zero-order valence-corrected chi connectivity index (χ0v) is 22.4. The molecule has 194 valence electrons. The van der Waals surface area contributed by atoms with Crippen LogP contribution in [0.3, 0.4) is 0 Å². The minimum Gasteiger partial charge on any atom is -0.354 e. The highest BCUT2D eigenvalue weighted by molar-refractivity contribution is 5.79. The summed E-state index contributed by atoms with van der Waals surface area (Å²) in [6, 6.07) is 6.63. The van der Waals surface area contributed by atoms with Crippen molar-refractivity contribution in [3.63, 3.8) is 0 Å². The first-order valence-corrected chi connectivity index (χ1v) is 13.5. The zero-order valence-electron chi connectivity index (χ0n) is 22.4. The number of aromatic nitrogens is 2. The molecule has 3 rings (SSSR count). The van der Waals surface area contributed by atoms with E-state index >= 15 is 0 Å². The molecule has 0 saturated carbocycles. The lowest BCUT2D eigenvalue weighted by atomic mass is 9.97. The van der Waals surface area contributed by atoms with Crippen molar-refractivity contribution in [1.82, 2.24) is 19.6 Å². The normalized spacial score (nSPS) is 15.4. The molecule has 7 heteroatoms. The quantitative estimate of drug-likeness (QED) is 0.403. The number of hydrogen-bond acceptors (Lipinski definition) is 4. The number of carbonyl (C=O) groups excluding carboxylic acids is 1. The molecule has 1 aromatic carbocycles. The molecule has 0 bridgehead atoms. The van der Waals surface area contributed by atoms with Crippen LogP contribution in [0.1, 0.15) is 71.1 Å². The SMILES string of the molecule is CCCCC(CC)C(=O)N(CCC)Cc1c(C)nn(-c2cccc(F)c2)c1N1CCN(CC)CC1. The van der Waals surface area contributed by atoms with E-state index in [9.17, 15) is 9.18 Å². The number of rotatable bonds is 12. The summed E-state index contributed by atoms with van der Waals surface area (Å²) >= 11 is 0. The molecular formula is C28H44FN5O. The molecule has 1 aromatic heterocycles. The summed E-state index contributed by atoms with van der Waals surface area (Å²) in [7, 11) is 0. The Labute approximate surface area is 211 Å². The molecule has 1 amide bonds. The number of anilines is 1. The fourth-order valence-corrected chi connectivity index (χ4v) is 5.06. The van der Waals surface area contributed by atoms with Gasteiger partial charge in [0.05, 0.1) is 17.9 Å². The van der Waals surface area contributed by atoms with Gasteiger partial charge in [-0.25, -0.2) is 9.07 Å². The van der Waals surface area contributed by atoms with Gasteiger partial charge in [-0.15, -0.1) is 0 Å². The Hall–Kier alpha value is -2.41. The van der Waals surface area contributed by atoms with Crippen LogP contribution in [0.4, 0.5) is 10.2 Å². The molecule has 1 unspecified atom stereocenters. The fraction of sp³-hybridized carbons (Fsp3) is 0.643. The number of carbonyl (C=O) groups is 1. The van der Waals surface area contributed by atoms with E-state index in [-0.39, 0.29) is 17.6 Å². The largest absolute Gasteiger partial charge is 0.354 e. The molecular weight excluding hydrogens is 441 g/mol. The smallest absolute Gasteiger partial charge is 0.225 e. The van der Waals surface area contributed by atoms with E-state index in [1.807, 2.05) is 22.6 Å². The summed E-state index contributed by atoms with van der Waals surface area (Å²) < 4.78 is 16.1. The summed E-state index contributed by atoms with van der Waals surface area (Å²) in [5.74, 6) is 1.04. The van der Waals surface area contributed by atoms with E-state index in [1.165, 1.54) is 12.1 Å². The van der Waals surface area contributed by atoms with Gasteiger partial charge in [0, 0.05) is 44.2 Å². The predicted octanol–water partition coefficient (Wildman–Crippen LogP) is 5.42. The number of unbranched alkanes of at least 4 members (excludes halogenated alkanes) is 1. The Bertz CT molecular complexity index is 951.